The molecule has 0 atom stereocenters. The normalized spacial score (nSPS) is 23.0. The maximum absolute atomic E-state index is 2.45. The summed E-state index contributed by atoms with van der Waals surface area (Å²) in [5, 5.41) is 0. The van der Waals surface area contributed by atoms with Gasteiger partial charge >= 0.3 is 0 Å². The van der Waals surface area contributed by atoms with E-state index in [4.69, 9.17) is 0 Å². The molecule has 0 unspecified atom stereocenters. The topological polar surface area (TPSA) is 0 Å². The summed E-state index contributed by atoms with van der Waals surface area (Å²) in [4.78, 5) is 0. The Balaban J connectivity index is 2.55. The second-order valence-corrected chi connectivity index (χ2v) is 3.89. The lowest BCUT2D eigenvalue weighted by Crippen LogP contribution is -1.82. The third-order valence-electron chi connectivity index (χ3n) is 2.15. The molecule has 0 saturated heterocycles. The van der Waals surface area contributed by atoms with Crippen LogP contribution in [0.4, 0.5) is 0 Å². The Labute approximate surface area is 74.8 Å². The molecule has 2 aliphatic rings. The van der Waals surface area contributed by atoms with Gasteiger partial charge in [-0.15, -0.1) is 0 Å². The number of allylic oxidation sites excluding steroid dienone is 6. The second kappa shape index (κ2) is 2.22. The van der Waals surface area contributed by atoms with E-state index in [1.54, 1.807) is 5.57 Å². The summed E-state index contributed by atoms with van der Waals surface area (Å²) in [5.41, 5.74) is 4.49. The zero-order valence-corrected chi connectivity index (χ0v) is 8.10. The minimum absolute atomic E-state index is 1.24. The van der Waals surface area contributed by atoms with Gasteiger partial charge < -0.3 is 0 Å². The number of rotatable bonds is 0. The predicted octanol–water partition coefficient (Wildman–Crippen LogP) is 3.36. The fourth-order valence-electron chi connectivity index (χ4n) is 1.50. The summed E-state index contributed by atoms with van der Waals surface area (Å²) < 4.78 is 1.49. The Morgan fingerprint density at radius 1 is 1.50 bits per heavy atom. The van der Waals surface area contributed by atoms with Crippen LogP contribution in [0.25, 0.3) is 0 Å². The van der Waals surface area contributed by atoms with Crippen molar-refractivity contribution >= 4 is 22.6 Å². The largest absolute Gasteiger partial charge is 0.0766 e. The second-order valence-electron chi connectivity index (χ2n) is 2.81. The summed E-state index contributed by atoms with van der Waals surface area (Å²) >= 11 is 2.45. The van der Waals surface area contributed by atoms with Crippen molar-refractivity contribution in [1.29, 1.82) is 0 Å². The first-order valence-electron chi connectivity index (χ1n) is 3.57. The van der Waals surface area contributed by atoms with E-state index in [1.165, 1.54) is 27.6 Å². The third-order valence-corrected chi connectivity index (χ3v) is 3.65. The molecule has 0 aliphatic heterocycles. The molecule has 0 nitrogen and oxygen atoms in total. The van der Waals surface area contributed by atoms with E-state index in [9.17, 15) is 0 Å². The lowest BCUT2D eigenvalue weighted by atomic mass is 10.1. The molecule has 2 aliphatic carbocycles. The van der Waals surface area contributed by atoms with Gasteiger partial charge in [-0.3, -0.25) is 0 Å². The standard InChI is InChI=1S/C9H9I/c1-6-7-3-2-4-8(5-7)9(6)10/h3,5H,2,4H2,1H3. The molecular formula is C9H9I. The average Bonchev–Trinajstić information content (AvgIpc) is 2.17. The molecule has 0 heterocycles. The Morgan fingerprint density at radius 3 is 2.90 bits per heavy atom. The maximum Gasteiger partial charge on any atom is 0.0197 e. The van der Waals surface area contributed by atoms with Crippen LogP contribution in [0, 0.1) is 0 Å². The van der Waals surface area contributed by atoms with Crippen molar-refractivity contribution in [2.45, 2.75) is 19.8 Å². The summed E-state index contributed by atoms with van der Waals surface area (Å²) in [6.07, 6.45) is 7.15. The van der Waals surface area contributed by atoms with Crippen LogP contribution in [0.1, 0.15) is 19.8 Å². The minimum Gasteiger partial charge on any atom is -0.0766 e. The fourth-order valence-corrected chi connectivity index (χ4v) is 2.24. The summed E-state index contributed by atoms with van der Waals surface area (Å²) in [6.45, 7) is 2.21. The van der Waals surface area contributed by atoms with Gasteiger partial charge in [0.1, 0.15) is 0 Å². The summed E-state index contributed by atoms with van der Waals surface area (Å²) in [7, 11) is 0. The van der Waals surface area contributed by atoms with Gasteiger partial charge in [0.05, 0.1) is 0 Å². The van der Waals surface area contributed by atoms with E-state index in [1.807, 2.05) is 0 Å². The van der Waals surface area contributed by atoms with Gasteiger partial charge in [-0.1, -0.05) is 12.2 Å². The fraction of sp³-hybridized carbons (Fsp3) is 0.333. The molecule has 0 amide bonds. The van der Waals surface area contributed by atoms with E-state index < -0.39 is 0 Å². The molecule has 0 N–H and O–H groups in total. The Hall–Kier alpha value is -0.0500. The molecule has 0 aromatic heterocycles. The highest BCUT2D eigenvalue weighted by Crippen LogP contribution is 2.40. The zero-order chi connectivity index (χ0) is 7.14. The van der Waals surface area contributed by atoms with E-state index >= 15 is 0 Å². The molecule has 0 aromatic rings. The predicted molar refractivity (Wildman–Crippen MR) is 52.1 cm³/mol. The van der Waals surface area contributed by atoms with Gasteiger partial charge in [-0.2, -0.15) is 0 Å². The quantitative estimate of drug-likeness (QED) is 0.573. The van der Waals surface area contributed by atoms with Crippen LogP contribution in [-0.2, 0) is 0 Å². The monoisotopic (exact) mass is 244 g/mol. The van der Waals surface area contributed by atoms with Crippen LogP contribution in [0.3, 0.4) is 0 Å². The van der Waals surface area contributed by atoms with Crippen LogP contribution < -0.4 is 0 Å². The smallest absolute Gasteiger partial charge is 0.0197 e. The first-order chi connectivity index (χ1) is 4.79. The van der Waals surface area contributed by atoms with Crippen molar-refractivity contribution in [3.05, 3.63) is 32.5 Å². The molecule has 10 heavy (non-hydrogen) atoms. The Morgan fingerprint density at radius 2 is 2.30 bits per heavy atom. The highest BCUT2D eigenvalue weighted by atomic mass is 127. The van der Waals surface area contributed by atoms with Crippen molar-refractivity contribution < 1.29 is 0 Å². The Bertz CT molecular complexity index is 266. The van der Waals surface area contributed by atoms with Crippen molar-refractivity contribution in [3.8, 4) is 0 Å². The molecule has 52 valence electrons. The SMILES string of the molecule is CC1=C(I)C2=CC1=CCC2. The summed E-state index contributed by atoms with van der Waals surface area (Å²) in [5.74, 6) is 0. The zero-order valence-electron chi connectivity index (χ0n) is 5.95. The number of fused-ring (bicyclic) bond motifs is 1. The highest BCUT2D eigenvalue weighted by Gasteiger charge is 2.18. The van der Waals surface area contributed by atoms with Gasteiger partial charge in [0.25, 0.3) is 0 Å². The van der Waals surface area contributed by atoms with Crippen molar-refractivity contribution in [3.63, 3.8) is 0 Å². The first-order valence-corrected chi connectivity index (χ1v) is 4.65. The lowest BCUT2D eigenvalue weighted by molar-refractivity contribution is 0.993. The minimum atomic E-state index is 1.24. The first kappa shape index (κ1) is 6.65. The number of halogens is 1. The van der Waals surface area contributed by atoms with Gasteiger partial charge in [0.15, 0.2) is 0 Å². The molecule has 2 rings (SSSR count). The summed E-state index contributed by atoms with van der Waals surface area (Å²) in [6, 6.07) is 0. The number of hydrogen-bond donors (Lipinski definition) is 0. The van der Waals surface area contributed by atoms with Gasteiger partial charge in [0, 0.05) is 3.58 Å². The van der Waals surface area contributed by atoms with E-state index in [0.717, 1.165) is 0 Å². The molecule has 2 bridgehead atoms. The van der Waals surface area contributed by atoms with Crippen LogP contribution in [0.15, 0.2) is 32.5 Å². The molecule has 0 fully saturated rings. The van der Waals surface area contributed by atoms with Gasteiger partial charge in [-0.05, 0) is 59.1 Å². The van der Waals surface area contributed by atoms with Crippen LogP contribution in [-0.4, -0.2) is 0 Å². The molecule has 0 saturated carbocycles. The van der Waals surface area contributed by atoms with Crippen molar-refractivity contribution in [1.82, 2.24) is 0 Å². The van der Waals surface area contributed by atoms with E-state index in [2.05, 4.69) is 41.7 Å². The van der Waals surface area contributed by atoms with Crippen LogP contribution in [0.2, 0.25) is 0 Å². The van der Waals surface area contributed by atoms with Gasteiger partial charge in [-0.25, -0.2) is 0 Å². The lowest BCUT2D eigenvalue weighted by Gasteiger charge is -2.01. The van der Waals surface area contributed by atoms with Crippen LogP contribution >= 0.6 is 22.6 Å². The molecule has 1 heteroatoms. The molecular weight excluding hydrogens is 235 g/mol. The van der Waals surface area contributed by atoms with Gasteiger partial charge in [0.2, 0.25) is 0 Å². The molecule has 0 radical (unpaired) electrons. The van der Waals surface area contributed by atoms with E-state index in [0.29, 0.717) is 0 Å². The average molecular weight is 244 g/mol. The maximum atomic E-state index is 2.45. The van der Waals surface area contributed by atoms with Crippen LogP contribution in [0.5, 0.6) is 0 Å². The highest BCUT2D eigenvalue weighted by molar-refractivity contribution is 14.1. The van der Waals surface area contributed by atoms with Crippen molar-refractivity contribution in [2.75, 3.05) is 0 Å². The molecule has 0 aromatic carbocycles. The third kappa shape index (κ3) is 0.797. The van der Waals surface area contributed by atoms with Crippen molar-refractivity contribution in [2.24, 2.45) is 0 Å². The Kier molecular flexibility index (Phi) is 1.48. The van der Waals surface area contributed by atoms with E-state index in [-0.39, 0.29) is 0 Å². The molecule has 0 spiro atoms. The number of hydrogen-bond acceptors (Lipinski definition) is 0.